The molecule has 2 aromatic carbocycles. The maximum atomic E-state index is 12.9. The van der Waals surface area contributed by atoms with Crippen molar-refractivity contribution in [2.75, 3.05) is 25.5 Å². The number of carbonyl (C=O) groups excluding carboxylic acids is 1. The van der Waals surface area contributed by atoms with Gasteiger partial charge in [0, 0.05) is 24.0 Å². The number of ether oxygens (including phenoxy) is 1. The van der Waals surface area contributed by atoms with Gasteiger partial charge in [-0.1, -0.05) is 25.4 Å². The molecule has 3 aromatic rings. The number of amides is 1. The highest BCUT2D eigenvalue weighted by Crippen LogP contribution is 2.31. The molecule has 30 heavy (non-hydrogen) atoms. The molecule has 1 heterocycles. The Morgan fingerprint density at radius 3 is 2.50 bits per heavy atom. The van der Waals surface area contributed by atoms with Gasteiger partial charge in [0.2, 0.25) is 10.0 Å². The fraction of sp³-hybridized carbons (Fsp3) is 0.286. The van der Waals surface area contributed by atoms with E-state index in [-0.39, 0.29) is 21.4 Å². The van der Waals surface area contributed by atoms with Crippen LogP contribution in [0.15, 0.2) is 45.7 Å². The maximum Gasteiger partial charge on any atom is 0.291 e. The topological polar surface area (TPSA) is 88.9 Å². The molecule has 160 valence electrons. The van der Waals surface area contributed by atoms with Crippen molar-refractivity contribution in [1.29, 1.82) is 0 Å². The predicted octanol–water partition coefficient (Wildman–Crippen LogP) is 4.69. The quantitative estimate of drug-likeness (QED) is 0.564. The fourth-order valence-corrected chi connectivity index (χ4v) is 4.85. The van der Waals surface area contributed by atoms with Crippen LogP contribution in [-0.2, 0) is 10.0 Å². The van der Waals surface area contributed by atoms with Crippen molar-refractivity contribution in [1.82, 2.24) is 4.31 Å². The molecule has 0 saturated heterocycles. The van der Waals surface area contributed by atoms with Crippen LogP contribution in [0.2, 0.25) is 5.02 Å². The van der Waals surface area contributed by atoms with E-state index in [9.17, 15) is 13.2 Å². The second kappa shape index (κ2) is 8.67. The van der Waals surface area contributed by atoms with Gasteiger partial charge >= 0.3 is 0 Å². The molecule has 0 aliphatic heterocycles. The number of carbonyl (C=O) groups is 1. The number of hydrogen-bond donors (Lipinski definition) is 1. The standard InChI is InChI=1S/C21H23ClN2O5S/c1-5-24(6-2)30(26,27)15-8-9-17(22)18(12-15)23-21(25)20-13(3)16-11-14(28-4)7-10-19(16)29-20/h7-12H,5-6H2,1-4H3,(H,23,25). The molecule has 0 saturated carbocycles. The van der Waals surface area contributed by atoms with Gasteiger partial charge in [-0.2, -0.15) is 4.31 Å². The SMILES string of the molecule is CCN(CC)S(=O)(=O)c1ccc(Cl)c(NC(=O)c2oc3ccc(OC)cc3c2C)c1. The molecule has 0 aliphatic carbocycles. The zero-order valence-electron chi connectivity index (χ0n) is 17.2. The van der Waals surface area contributed by atoms with Crippen molar-refractivity contribution < 1.29 is 22.4 Å². The third kappa shape index (κ3) is 4.03. The number of aryl methyl sites for hydroxylation is 1. The van der Waals surface area contributed by atoms with Crippen molar-refractivity contribution in [2.45, 2.75) is 25.7 Å². The Labute approximate surface area is 180 Å². The molecular formula is C21H23ClN2O5S. The van der Waals surface area contributed by atoms with Crippen LogP contribution >= 0.6 is 11.6 Å². The molecule has 1 aromatic heterocycles. The number of methoxy groups -OCH3 is 1. The first kappa shape index (κ1) is 22.1. The second-order valence-corrected chi connectivity index (χ2v) is 8.95. The normalized spacial score (nSPS) is 11.8. The van der Waals surface area contributed by atoms with Gasteiger partial charge in [0.15, 0.2) is 5.76 Å². The fourth-order valence-electron chi connectivity index (χ4n) is 3.20. The number of halogens is 1. The molecule has 0 bridgehead atoms. The molecule has 1 amide bonds. The highest BCUT2D eigenvalue weighted by molar-refractivity contribution is 7.89. The number of hydrogen-bond acceptors (Lipinski definition) is 5. The first-order valence-corrected chi connectivity index (χ1v) is 11.2. The lowest BCUT2D eigenvalue weighted by Gasteiger charge is -2.19. The van der Waals surface area contributed by atoms with Crippen LogP contribution in [0, 0.1) is 6.92 Å². The van der Waals surface area contributed by atoms with E-state index in [2.05, 4.69) is 5.32 Å². The molecule has 0 radical (unpaired) electrons. The van der Waals surface area contributed by atoms with E-state index in [1.807, 2.05) is 0 Å². The van der Waals surface area contributed by atoms with Crippen LogP contribution in [-0.4, -0.2) is 38.8 Å². The first-order valence-electron chi connectivity index (χ1n) is 9.41. The van der Waals surface area contributed by atoms with Crippen molar-refractivity contribution >= 4 is 44.2 Å². The van der Waals surface area contributed by atoms with E-state index in [0.717, 1.165) is 5.39 Å². The minimum Gasteiger partial charge on any atom is -0.497 e. The average Bonchev–Trinajstić information content (AvgIpc) is 3.06. The Kier molecular flexibility index (Phi) is 6.40. The summed E-state index contributed by atoms with van der Waals surface area (Å²) < 4.78 is 37.8. The third-order valence-corrected chi connectivity index (χ3v) is 7.25. The Morgan fingerprint density at radius 1 is 1.17 bits per heavy atom. The van der Waals surface area contributed by atoms with E-state index >= 15 is 0 Å². The molecule has 3 rings (SSSR count). The second-order valence-electron chi connectivity index (χ2n) is 6.60. The number of furan rings is 1. The van der Waals surface area contributed by atoms with E-state index in [4.69, 9.17) is 20.8 Å². The summed E-state index contributed by atoms with van der Waals surface area (Å²) in [5.74, 6) is 0.240. The van der Waals surface area contributed by atoms with E-state index in [1.165, 1.54) is 22.5 Å². The summed E-state index contributed by atoms with van der Waals surface area (Å²) in [6.07, 6.45) is 0. The molecule has 0 aliphatic rings. The molecule has 0 atom stereocenters. The average molecular weight is 451 g/mol. The van der Waals surface area contributed by atoms with Gasteiger partial charge < -0.3 is 14.5 Å². The summed E-state index contributed by atoms with van der Waals surface area (Å²) in [5.41, 5.74) is 1.37. The number of rotatable bonds is 7. The molecule has 0 fully saturated rings. The number of anilines is 1. The van der Waals surface area contributed by atoms with E-state index < -0.39 is 15.9 Å². The minimum atomic E-state index is -3.69. The minimum absolute atomic E-state index is 0.0527. The van der Waals surface area contributed by atoms with E-state index in [0.29, 0.717) is 30.0 Å². The Bertz CT molecular complexity index is 1200. The Morgan fingerprint density at radius 2 is 1.87 bits per heavy atom. The lowest BCUT2D eigenvalue weighted by molar-refractivity contribution is 0.0998. The zero-order chi connectivity index (χ0) is 22.1. The molecule has 1 N–H and O–H groups in total. The summed E-state index contributed by atoms with van der Waals surface area (Å²) in [4.78, 5) is 12.9. The summed E-state index contributed by atoms with van der Waals surface area (Å²) >= 11 is 6.21. The van der Waals surface area contributed by atoms with Crippen LogP contribution in [0.5, 0.6) is 5.75 Å². The number of fused-ring (bicyclic) bond motifs is 1. The molecule has 7 nitrogen and oxygen atoms in total. The van der Waals surface area contributed by atoms with Gasteiger partial charge in [-0.3, -0.25) is 4.79 Å². The summed E-state index contributed by atoms with van der Waals surface area (Å²) in [6, 6.07) is 9.48. The number of sulfonamides is 1. The molecule has 0 spiro atoms. The van der Waals surface area contributed by atoms with Gasteiger partial charge in [0.1, 0.15) is 11.3 Å². The lowest BCUT2D eigenvalue weighted by atomic mass is 10.1. The predicted molar refractivity (Wildman–Crippen MR) is 117 cm³/mol. The zero-order valence-corrected chi connectivity index (χ0v) is 18.7. The lowest BCUT2D eigenvalue weighted by Crippen LogP contribution is -2.30. The van der Waals surface area contributed by atoms with Gasteiger partial charge in [-0.15, -0.1) is 0 Å². The van der Waals surface area contributed by atoms with Crippen molar-refractivity contribution in [2.24, 2.45) is 0 Å². The van der Waals surface area contributed by atoms with Crippen LogP contribution in [0.3, 0.4) is 0 Å². The van der Waals surface area contributed by atoms with Crippen LogP contribution in [0.25, 0.3) is 11.0 Å². The van der Waals surface area contributed by atoms with Crippen molar-refractivity contribution in [3.05, 3.63) is 52.7 Å². The van der Waals surface area contributed by atoms with E-state index in [1.54, 1.807) is 46.1 Å². The van der Waals surface area contributed by atoms with Crippen LogP contribution in [0.1, 0.15) is 30.0 Å². The molecular weight excluding hydrogens is 428 g/mol. The van der Waals surface area contributed by atoms with Gasteiger partial charge in [-0.25, -0.2) is 8.42 Å². The molecule has 9 heteroatoms. The summed E-state index contributed by atoms with van der Waals surface area (Å²) in [7, 11) is -2.13. The highest BCUT2D eigenvalue weighted by Gasteiger charge is 2.24. The highest BCUT2D eigenvalue weighted by atomic mass is 35.5. The maximum absolute atomic E-state index is 12.9. The first-order chi connectivity index (χ1) is 14.2. The van der Waals surface area contributed by atoms with Gasteiger partial charge in [0.05, 0.1) is 22.7 Å². The monoisotopic (exact) mass is 450 g/mol. The number of nitrogens with zero attached hydrogens (tertiary/aromatic N) is 1. The van der Waals surface area contributed by atoms with Gasteiger partial charge in [-0.05, 0) is 43.3 Å². The number of benzene rings is 2. The van der Waals surface area contributed by atoms with Crippen molar-refractivity contribution in [3.8, 4) is 5.75 Å². The smallest absolute Gasteiger partial charge is 0.291 e. The van der Waals surface area contributed by atoms with Crippen molar-refractivity contribution in [3.63, 3.8) is 0 Å². The Hall–Kier alpha value is -2.55. The summed E-state index contributed by atoms with van der Waals surface area (Å²) in [6.45, 7) is 5.97. The van der Waals surface area contributed by atoms with Gasteiger partial charge in [0.25, 0.3) is 5.91 Å². The Balaban J connectivity index is 1.96. The van der Waals surface area contributed by atoms with Crippen LogP contribution < -0.4 is 10.1 Å². The third-order valence-electron chi connectivity index (χ3n) is 4.88. The summed E-state index contributed by atoms with van der Waals surface area (Å²) in [5, 5.41) is 3.64. The number of nitrogens with one attached hydrogen (secondary N) is 1. The van der Waals surface area contributed by atoms with Crippen LogP contribution in [0.4, 0.5) is 5.69 Å². The largest absolute Gasteiger partial charge is 0.497 e. The molecule has 0 unspecified atom stereocenters.